The number of aromatic nitrogens is 1. The molecule has 0 saturated heterocycles. The average Bonchev–Trinajstić information content (AvgIpc) is 2.76. The average molecular weight is 286 g/mol. The minimum absolute atomic E-state index is 0.107. The van der Waals surface area contributed by atoms with E-state index in [4.69, 9.17) is 32.4 Å². The van der Waals surface area contributed by atoms with Crippen molar-refractivity contribution in [3.63, 3.8) is 0 Å². The Kier molecular flexibility index (Phi) is 3.89. The fraction of sp³-hybridized carbons (Fsp3) is 0.167. The Balaban J connectivity index is 2.45. The Morgan fingerprint density at radius 2 is 2.00 bits per heavy atom. The highest BCUT2D eigenvalue weighted by molar-refractivity contribution is 6.35. The van der Waals surface area contributed by atoms with Crippen LogP contribution in [0, 0.1) is 0 Å². The van der Waals surface area contributed by atoms with Crippen LogP contribution in [0.4, 0.5) is 0 Å². The van der Waals surface area contributed by atoms with Gasteiger partial charge in [0.15, 0.2) is 17.8 Å². The topological polar surface area (TPSA) is 52.3 Å². The predicted octanol–water partition coefficient (Wildman–Crippen LogP) is 3.83. The van der Waals surface area contributed by atoms with E-state index in [1.54, 1.807) is 25.1 Å². The molecule has 0 aliphatic rings. The van der Waals surface area contributed by atoms with E-state index in [2.05, 4.69) is 4.98 Å². The van der Waals surface area contributed by atoms with E-state index in [1.165, 1.54) is 6.39 Å². The second-order valence-corrected chi connectivity index (χ2v) is 4.28. The second-order valence-electron chi connectivity index (χ2n) is 3.41. The Morgan fingerprint density at radius 1 is 1.33 bits per heavy atom. The molecule has 0 bridgehead atoms. The summed E-state index contributed by atoms with van der Waals surface area (Å²) in [6.45, 7) is 1.98. The number of rotatable bonds is 3. The lowest BCUT2D eigenvalue weighted by Crippen LogP contribution is -2.06. The Bertz CT molecular complexity index is 560. The normalized spacial score (nSPS) is 10.4. The van der Waals surface area contributed by atoms with E-state index in [-0.39, 0.29) is 18.1 Å². The Labute approximate surface area is 113 Å². The van der Waals surface area contributed by atoms with Crippen LogP contribution in [0.2, 0.25) is 10.0 Å². The molecule has 0 radical (unpaired) electrons. The molecule has 0 saturated carbocycles. The number of esters is 1. The molecule has 1 aromatic carbocycles. The van der Waals surface area contributed by atoms with Crippen LogP contribution in [0.3, 0.4) is 0 Å². The van der Waals surface area contributed by atoms with E-state index in [1.807, 2.05) is 0 Å². The van der Waals surface area contributed by atoms with Crippen LogP contribution in [0.1, 0.15) is 17.4 Å². The summed E-state index contributed by atoms with van der Waals surface area (Å²) in [5, 5.41) is 0.896. The zero-order valence-corrected chi connectivity index (χ0v) is 11.0. The van der Waals surface area contributed by atoms with Gasteiger partial charge in [0, 0.05) is 15.6 Å². The van der Waals surface area contributed by atoms with Crippen molar-refractivity contribution in [2.45, 2.75) is 6.92 Å². The van der Waals surface area contributed by atoms with Crippen LogP contribution < -0.4 is 0 Å². The smallest absolute Gasteiger partial charge is 0.360 e. The molecule has 0 N–H and O–H groups in total. The molecular formula is C12H9Cl2NO3. The number of carbonyl (C=O) groups excluding carboxylic acids is 1. The molecule has 1 aromatic heterocycles. The molecule has 6 heteroatoms. The summed E-state index contributed by atoms with van der Waals surface area (Å²) in [6.07, 6.45) is 1.18. The number of carbonyl (C=O) groups is 1. The third-order valence-corrected chi connectivity index (χ3v) is 2.60. The molecule has 0 unspecified atom stereocenters. The van der Waals surface area contributed by atoms with Crippen molar-refractivity contribution in [2.75, 3.05) is 6.61 Å². The maximum absolute atomic E-state index is 11.7. The summed E-state index contributed by atoms with van der Waals surface area (Å²) in [6, 6.07) is 4.86. The van der Waals surface area contributed by atoms with Gasteiger partial charge >= 0.3 is 5.97 Å². The molecule has 0 spiro atoms. The fourth-order valence-corrected chi connectivity index (χ4v) is 2.01. The predicted molar refractivity (Wildman–Crippen MR) is 67.9 cm³/mol. The number of ether oxygens (including phenoxy) is 1. The van der Waals surface area contributed by atoms with Crippen molar-refractivity contribution in [1.29, 1.82) is 0 Å². The van der Waals surface area contributed by atoms with Gasteiger partial charge in [0.1, 0.15) is 0 Å². The van der Waals surface area contributed by atoms with Crippen molar-refractivity contribution < 1.29 is 13.9 Å². The number of nitrogens with zero attached hydrogens (tertiary/aromatic N) is 1. The minimum atomic E-state index is -0.544. The summed E-state index contributed by atoms with van der Waals surface area (Å²) < 4.78 is 10.1. The maximum Gasteiger partial charge on any atom is 0.360 e. The summed E-state index contributed by atoms with van der Waals surface area (Å²) >= 11 is 11.8. The van der Waals surface area contributed by atoms with Gasteiger partial charge in [0.05, 0.1) is 6.61 Å². The number of benzene rings is 1. The van der Waals surface area contributed by atoms with Crippen molar-refractivity contribution in [1.82, 2.24) is 4.98 Å². The first-order valence-corrected chi connectivity index (χ1v) is 5.94. The first-order chi connectivity index (χ1) is 8.61. The molecule has 0 fully saturated rings. The van der Waals surface area contributed by atoms with Crippen molar-refractivity contribution >= 4 is 29.2 Å². The van der Waals surface area contributed by atoms with Crippen LogP contribution >= 0.6 is 23.2 Å². The van der Waals surface area contributed by atoms with Gasteiger partial charge in [-0.25, -0.2) is 9.78 Å². The lowest BCUT2D eigenvalue weighted by molar-refractivity contribution is 0.0520. The van der Waals surface area contributed by atoms with E-state index in [9.17, 15) is 4.79 Å². The minimum Gasteiger partial charge on any atom is -0.461 e. The molecule has 1 heterocycles. The lowest BCUT2D eigenvalue weighted by Gasteiger charge is -2.02. The van der Waals surface area contributed by atoms with Crippen LogP contribution in [-0.2, 0) is 4.74 Å². The first-order valence-electron chi connectivity index (χ1n) is 5.19. The number of hydrogen-bond donors (Lipinski definition) is 0. The quantitative estimate of drug-likeness (QED) is 0.805. The monoisotopic (exact) mass is 285 g/mol. The molecule has 2 aromatic rings. The maximum atomic E-state index is 11.7. The molecule has 4 nitrogen and oxygen atoms in total. The van der Waals surface area contributed by atoms with Gasteiger partial charge in [-0.3, -0.25) is 0 Å². The van der Waals surface area contributed by atoms with Crippen molar-refractivity contribution in [3.05, 3.63) is 40.3 Å². The van der Waals surface area contributed by atoms with Gasteiger partial charge in [-0.2, -0.15) is 0 Å². The van der Waals surface area contributed by atoms with Gasteiger partial charge in [-0.15, -0.1) is 0 Å². The third kappa shape index (κ3) is 2.66. The van der Waals surface area contributed by atoms with Gasteiger partial charge in [-0.1, -0.05) is 23.2 Å². The molecule has 0 amide bonds. The van der Waals surface area contributed by atoms with Crippen LogP contribution in [0.15, 0.2) is 29.0 Å². The van der Waals surface area contributed by atoms with Crippen molar-refractivity contribution in [2.24, 2.45) is 0 Å². The Morgan fingerprint density at radius 3 is 2.61 bits per heavy atom. The Hall–Kier alpha value is -1.52. The highest BCUT2D eigenvalue weighted by Crippen LogP contribution is 2.29. The molecule has 18 heavy (non-hydrogen) atoms. The molecule has 94 valence electrons. The van der Waals surface area contributed by atoms with Gasteiger partial charge in [0.2, 0.25) is 0 Å². The second kappa shape index (κ2) is 5.42. The standard InChI is InChI=1S/C12H9Cl2NO3/c1-2-17-12(16)10-11(18-6-15-10)7-3-8(13)5-9(14)4-7/h3-6H,2H2,1H3. The SMILES string of the molecule is CCOC(=O)c1ncoc1-c1cc(Cl)cc(Cl)c1. The van der Waals surface area contributed by atoms with Gasteiger partial charge < -0.3 is 9.15 Å². The lowest BCUT2D eigenvalue weighted by atomic mass is 10.1. The van der Waals surface area contributed by atoms with Crippen LogP contribution in [0.5, 0.6) is 0 Å². The van der Waals surface area contributed by atoms with E-state index < -0.39 is 5.97 Å². The molecular weight excluding hydrogens is 277 g/mol. The number of oxazole rings is 1. The highest BCUT2D eigenvalue weighted by atomic mass is 35.5. The van der Waals surface area contributed by atoms with Crippen molar-refractivity contribution in [3.8, 4) is 11.3 Å². The molecule has 0 aliphatic heterocycles. The fourth-order valence-electron chi connectivity index (χ4n) is 1.48. The number of hydrogen-bond acceptors (Lipinski definition) is 4. The molecule has 0 aliphatic carbocycles. The van der Waals surface area contributed by atoms with E-state index >= 15 is 0 Å². The highest BCUT2D eigenvalue weighted by Gasteiger charge is 2.19. The van der Waals surface area contributed by atoms with E-state index in [0.717, 1.165) is 0 Å². The zero-order chi connectivity index (χ0) is 13.1. The third-order valence-electron chi connectivity index (χ3n) is 2.16. The summed E-state index contributed by atoms with van der Waals surface area (Å²) in [5.74, 6) is -0.254. The first kappa shape index (κ1) is 12.9. The van der Waals surface area contributed by atoms with Crippen LogP contribution in [-0.4, -0.2) is 17.6 Å². The molecule has 0 atom stereocenters. The zero-order valence-electron chi connectivity index (χ0n) is 9.44. The summed E-state index contributed by atoms with van der Waals surface area (Å²) in [7, 11) is 0. The largest absolute Gasteiger partial charge is 0.461 e. The molecule has 2 rings (SSSR count). The number of halogens is 2. The van der Waals surface area contributed by atoms with E-state index in [0.29, 0.717) is 15.6 Å². The van der Waals surface area contributed by atoms with Crippen LogP contribution in [0.25, 0.3) is 11.3 Å². The summed E-state index contributed by atoms with van der Waals surface area (Å²) in [5.41, 5.74) is 0.684. The summed E-state index contributed by atoms with van der Waals surface area (Å²) in [4.78, 5) is 15.5. The van der Waals surface area contributed by atoms with Gasteiger partial charge in [-0.05, 0) is 25.1 Å². The van der Waals surface area contributed by atoms with Gasteiger partial charge in [0.25, 0.3) is 0 Å².